The average Bonchev–Trinajstić information content (AvgIpc) is 2.74. The van der Waals surface area contributed by atoms with Crippen LogP contribution in [0.5, 0.6) is 0 Å². The van der Waals surface area contributed by atoms with Crippen LogP contribution in [0.4, 0.5) is 5.82 Å². The molecule has 5 heteroatoms. The highest BCUT2D eigenvalue weighted by Crippen LogP contribution is 2.33. The molecule has 5 nitrogen and oxygen atoms in total. The third-order valence-corrected chi connectivity index (χ3v) is 5.05. The van der Waals surface area contributed by atoms with Gasteiger partial charge >= 0.3 is 0 Å². The lowest BCUT2D eigenvalue weighted by Crippen LogP contribution is -2.31. The maximum atomic E-state index is 12.9. The third-order valence-electron chi connectivity index (χ3n) is 5.05. The molecule has 0 aromatic carbocycles. The first-order valence-corrected chi connectivity index (χ1v) is 8.88. The zero-order valence-electron chi connectivity index (χ0n) is 15.9. The summed E-state index contributed by atoms with van der Waals surface area (Å²) < 4.78 is 0. The van der Waals surface area contributed by atoms with Crippen molar-refractivity contribution < 1.29 is 4.79 Å². The molecule has 2 rings (SSSR count). The summed E-state index contributed by atoms with van der Waals surface area (Å²) in [5.41, 5.74) is 2.75. The maximum Gasteiger partial charge on any atom is 0.259 e. The molecule has 1 saturated heterocycles. The number of rotatable bonds is 3. The van der Waals surface area contributed by atoms with Crippen molar-refractivity contribution in [2.45, 2.75) is 53.9 Å². The van der Waals surface area contributed by atoms with E-state index in [4.69, 9.17) is 0 Å². The van der Waals surface area contributed by atoms with Crippen molar-refractivity contribution in [1.82, 2.24) is 10.3 Å². The summed E-state index contributed by atoms with van der Waals surface area (Å²) >= 11 is 0. The van der Waals surface area contributed by atoms with Gasteiger partial charge in [-0.1, -0.05) is 19.9 Å². The molecule has 134 valence electrons. The molecule has 1 N–H and O–H groups in total. The van der Waals surface area contributed by atoms with E-state index in [0.717, 1.165) is 38.0 Å². The molecule has 0 spiro atoms. The number of carbonyl (C=O) groups is 1. The van der Waals surface area contributed by atoms with Crippen LogP contribution in [0.2, 0.25) is 0 Å². The normalized spacial score (nSPS) is 17.6. The SMILES string of the molecule is C/C=C(\C)NC(=O)c1c(N2CCCC(C)(C)CC2)ncc(C#N)c1C. The van der Waals surface area contributed by atoms with Gasteiger partial charge in [0.2, 0.25) is 0 Å². The number of nitrogens with zero attached hydrogens (tertiary/aromatic N) is 3. The Kier molecular flexibility index (Phi) is 5.84. The minimum Gasteiger partial charge on any atom is -0.356 e. The Hall–Kier alpha value is -2.35. The number of amides is 1. The van der Waals surface area contributed by atoms with Crippen molar-refractivity contribution in [3.05, 3.63) is 34.7 Å². The standard InChI is InChI=1S/C20H28N4O/c1-6-14(2)23-19(25)17-15(3)16(12-21)13-22-18(17)24-10-7-8-20(4,5)9-11-24/h6,13H,7-11H2,1-5H3,(H,23,25)/b14-6+. The topological polar surface area (TPSA) is 69.0 Å². The summed E-state index contributed by atoms with van der Waals surface area (Å²) in [6, 6.07) is 2.14. The van der Waals surface area contributed by atoms with Gasteiger partial charge in [-0.2, -0.15) is 5.26 Å². The molecule has 1 aromatic heterocycles. The van der Waals surface area contributed by atoms with Crippen molar-refractivity contribution >= 4 is 11.7 Å². The smallest absolute Gasteiger partial charge is 0.259 e. The second-order valence-electron chi connectivity index (χ2n) is 7.54. The van der Waals surface area contributed by atoms with Crippen LogP contribution in [-0.4, -0.2) is 24.0 Å². The van der Waals surface area contributed by atoms with Crippen LogP contribution < -0.4 is 10.2 Å². The first-order valence-electron chi connectivity index (χ1n) is 8.88. The lowest BCUT2D eigenvalue weighted by molar-refractivity contribution is 0.0965. The monoisotopic (exact) mass is 340 g/mol. The Labute approximate surface area is 150 Å². The number of pyridine rings is 1. The molecule has 1 fully saturated rings. The maximum absolute atomic E-state index is 12.9. The second kappa shape index (κ2) is 7.69. The van der Waals surface area contributed by atoms with Gasteiger partial charge < -0.3 is 10.2 Å². The van der Waals surface area contributed by atoms with Gasteiger partial charge in [0.1, 0.15) is 11.9 Å². The number of hydrogen-bond donors (Lipinski definition) is 1. The molecule has 0 atom stereocenters. The van der Waals surface area contributed by atoms with Crippen LogP contribution in [0.25, 0.3) is 0 Å². The van der Waals surface area contributed by atoms with E-state index < -0.39 is 0 Å². The number of nitriles is 1. The lowest BCUT2D eigenvalue weighted by Gasteiger charge is -2.26. The Morgan fingerprint density at radius 1 is 1.40 bits per heavy atom. The zero-order valence-corrected chi connectivity index (χ0v) is 15.9. The number of aromatic nitrogens is 1. The quantitative estimate of drug-likeness (QED) is 0.905. The van der Waals surface area contributed by atoms with E-state index in [9.17, 15) is 10.1 Å². The van der Waals surface area contributed by atoms with Crippen molar-refractivity contribution in [3.8, 4) is 6.07 Å². The van der Waals surface area contributed by atoms with Crippen LogP contribution in [-0.2, 0) is 0 Å². The van der Waals surface area contributed by atoms with E-state index in [1.54, 1.807) is 6.20 Å². The van der Waals surface area contributed by atoms with Crippen molar-refractivity contribution in [2.24, 2.45) is 5.41 Å². The Bertz CT molecular complexity index is 728. The van der Waals surface area contributed by atoms with E-state index in [-0.39, 0.29) is 5.91 Å². The Balaban J connectivity index is 2.45. The molecule has 0 aliphatic carbocycles. The summed E-state index contributed by atoms with van der Waals surface area (Å²) in [4.78, 5) is 19.5. The fourth-order valence-corrected chi connectivity index (χ4v) is 3.16. The molecule has 0 unspecified atom stereocenters. The predicted molar refractivity (Wildman–Crippen MR) is 100 cm³/mol. The molecule has 1 aliphatic heterocycles. The molecular weight excluding hydrogens is 312 g/mol. The van der Waals surface area contributed by atoms with E-state index >= 15 is 0 Å². The van der Waals surface area contributed by atoms with Crippen molar-refractivity contribution in [1.29, 1.82) is 5.26 Å². The number of carbonyl (C=O) groups excluding carboxylic acids is 1. The molecule has 1 aliphatic rings. The number of anilines is 1. The molecule has 0 saturated carbocycles. The van der Waals surface area contributed by atoms with Crippen molar-refractivity contribution in [3.63, 3.8) is 0 Å². The second-order valence-corrected chi connectivity index (χ2v) is 7.54. The zero-order chi connectivity index (χ0) is 18.6. The minimum atomic E-state index is -0.198. The first-order chi connectivity index (χ1) is 11.8. The van der Waals surface area contributed by atoms with Gasteiger partial charge in [0.25, 0.3) is 5.91 Å². The highest BCUT2D eigenvalue weighted by atomic mass is 16.1. The van der Waals surface area contributed by atoms with Gasteiger partial charge in [-0.05, 0) is 51.0 Å². The summed E-state index contributed by atoms with van der Waals surface area (Å²) in [6.45, 7) is 11.9. The molecule has 1 amide bonds. The van der Waals surface area contributed by atoms with Crippen LogP contribution in [0, 0.1) is 23.7 Å². The third kappa shape index (κ3) is 4.39. The van der Waals surface area contributed by atoms with Gasteiger partial charge in [0.05, 0.1) is 11.1 Å². The largest absolute Gasteiger partial charge is 0.356 e. The number of nitrogens with one attached hydrogen (secondary N) is 1. The summed E-state index contributed by atoms with van der Waals surface area (Å²) in [6.07, 6.45) is 6.73. The molecule has 0 radical (unpaired) electrons. The molecule has 25 heavy (non-hydrogen) atoms. The number of hydrogen-bond acceptors (Lipinski definition) is 4. The Morgan fingerprint density at radius 3 is 2.76 bits per heavy atom. The average molecular weight is 340 g/mol. The Morgan fingerprint density at radius 2 is 2.12 bits per heavy atom. The number of allylic oxidation sites excluding steroid dienone is 2. The lowest BCUT2D eigenvalue weighted by atomic mass is 9.85. The molecule has 1 aromatic rings. The van der Waals surface area contributed by atoms with E-state index in [1.165, 1.54) is 0 Å². The van der Waals surface area contributed by atoms with Crippen molar-refractivity contribution in [2.75, 3.05) is 18.0 Å². The van der Waals surface area contributed by atoms with E-state index in [2.05, 4.69) is 35.1 Å². The van der Waals surface area contributed by atoms with Gasteiger partial charge in [0, 0.05) is 25.0 Å². The summed E-state index contributed by atoms with van der Waals surface area (Å²) in [5, 5.41) is 12.2. The van der Waals surface area contributed by atoms with Gasteiger partial charge in [-0.15, -0.1) is 0 Å². The molecule has 0 bridgehead atoms. The summed E-state index contributed by atoms with van der Waals surface area (Å²) in [7, 11) is 0. The highest BCUT2D eigenvalue weighted by molar-refractivity contribution is 6.01. The van der Waals surface area contributed by atoms with Crippen LogP contribution in [0.3, 0.4) is 0 Å². The van der Waals surface area contributed by atoms with Gasteiger partial charge in [-0.25, -0.2) is 4.98 Å². The summed E-state index contributed by atoms with van der Waals surface area (Å²) in [5.74, 6) is 0.492. The first kappa shape index (κ1) is 19.0. The van der Waals surface area contributed by atoms with Crippen LogP contribution >= 0.6 is 0 Å². The van der Waals surface area contributed by atoms with E-state index in [0.29, 0.717) is 27.9 Å². The highest BCUT2D eigenvalue weighted by Gasteiger charge is 2.27. The van der Waals surface area contributed by atoms with Crippen LogP contribution in [0.15, 0.2) is 18.0 Å². The fraction of sp³-hybridized carbons (Fsp3) is 0.550. The predicted octanol–water partition coefficient (Wildman–Crippen LogP) is 3.93. The minimum absolute atomic E-state index is 0.198. The molecule has 2 heterocycles. The fourth-order valence-electron chi connectivity index (χ4n) is 3.16. The molecular formula is C20H28N4O. The van der Waals surface area contributed by atoms with Crippen LogP contribution in [0.1, 0.15) is 68.4 Å². The van der Waals surface area contributed by atoms with E-state index in [1.807, 2.05) is 26.8 Å². The van der Waals surface area contributed by atoms with Gasteiger partial charge in [-0.3, -0.25) is 4.79 Å². The van der Waals surface area contributed by atoms with Gasteiger partial charge in [0.15, 0.2) is 0 Å².